The molecule has 1 aromatic carbocycles. The van der Waals surface area contributed by atoms with E-state index in [1.165, 1.54) is 12.1 Å². The largest absolute Gasteiger partial charge is 0.480 e. The van der Waals surface area contributed by atoms with Gasteiger partial charge >= 0.3 is 5.97 Å². The number of carboxylic acid groups (broad SMARTS) is 1. The molecule has 1 amide bonds. The predicted octanol–water partition coefficient (Wildman–Crippen LogP) is 1.92. The van der Waals surface area contributed by atoms with E-state index in [0.29, 0.717) is 24.6 Å². The van der Waals surface area contributed by atoms with Crippen molar-refractivity contribution < 1.29 is 23.8 Å². The Morgan fingerprint density at radius 2 is 1.89 bits per heavy atom. The zero-order chi connectivity index (χ0) is 19.6. The molecule has 27 heavy (non-hydrogen) atoms. The van der Waals surface area contributed by atoms with Crippen LogP contribution in [-0.4, -0.2) is 45.5 Å². The van der Waals surface area contributed by atoms with Crippen LogP contribution in [0.25, 0.3) is 5.69 Å². The molecule has 3 rings (SSSR count). The molecule has 1 fully saturated rings. The highest BCUT2D eigenvalue weighted by molar-refractivity contribution is 5.88. The number of aromatic nitrogens is 2. The Morgan fingerprint density at radius 3 is 2.48 bits per heavy atom. The second kappa shape index (κ2) is 7.48. The lowest BCUT2D eigenvalue weighted by molar-refractivity contribution is -0.152. The van der Waals surface area contributed by atoms with Crippen LogP contribution in [0.4, 0.5) is 4.39 Å². The number of carbonyl (C=O) groups excluding carboxylic acids is 1. The number of nitrogens with one attached hydrogen (secondary N) is 1. The first kappa shape index (κ1) is 19.0. The first-order chi connectivity index (χ1) is 12.8. The predicted molar refractivity (Wildman–Crippen MR) is 95.3 cm³/mol. The SMILES string of the molecule is Cc1nn(-c2ccc(F)cc2)c(C)c1CC(=O)NC1(C(=O)O)CCOCC1. The third kappa shape index (κ3) is 3.85. The van der Waals surface area contributed by atoms with Crippen LogP contribution in [0.3, 0.4) is 0 Å². The van der Waals surface area contributed by atoms with Crippen LogP contribution < -0.4 is 5.32 Å². The lowest BCUT2D eigenvalue weighted by atomic mass is 9.89. The van der Waals surface area contributed by atoms with Crippen LogP contribution in [0.5, 0.6) is 0 Å². The highest BCUT2D eigenvalue weighted by Gasteiger charge is 2.41. The van der Waals surface area contributed by atoms with E-state index in [1.807, 2.05) is 6.92 Å². The van der Waals surface area contributed by atoms with Crippen molar-refractivity contribution >= 4 is 11.9 Å². The molecule has 144 valence electrons. The topological polar surface area (TPSA) is 93.5 Å². The fourth-order valence-corrected chi connectivity index (χ4v) is 3.35. The Bertz CT molecular complexity index is 855. The smallest absolute Gasteiger partial charge is 0.329 e. The van der Waals surface area contributed by atoms with E-state index in [0.717, 1.165) is 11.3 Å². The number of aliphatic carboxylic acids is 1. The second-order valence-electron chi connectivity index (χ2n) is 6.76. The molecule has 0 saturated carbocycles. The van der Waals surface area contributed by atoms with Crippen LogP contribution in [0.15, 0.2) is 24.3 Å². The van der Waals surface area contributed by atoms with Crippen molar-refractivity contribution in [3.05, 3.63) is 47.0 Å². The number of carboxylic acids is 1. The van der Waals surface area contributed by atoms with Gasteiger partial charge in [-0.2, -0.15) is 5.10 Å². The number of benzene rings is 1. The summed E-state index contributed by atoms with van der Waals surface area (Å²) in [6.07, 6.45) is 0.497. The van der Waals surface area contributed by atoms with Crippen molar-refractivity contribution in [3.63, 3.8) is 0 Å². The van der Waals surface area contributed by atoms with Gasteiger partial charge in [-0.05, 0) is 38.1 Å². The summed E-state index contributed by atoms with van der Waals surface area (Å²) in [7, 11) is 0. The van der Waals surface area contributed by atoms with Gasteiger partial charge in [0, 0.05) is 37.3 Å². The average molecular weight is 375 g/mol. The number of ether oxygens (including phenoxy) is 1. The molecule has 1 aromatic heterocycles. The Balaban J connectivity index is 1.80. The molecule has 0 spiro atoms. The van der Waals surface area contributed by atoms with Gasteiger partial charge in [0.1, 0.15) is 11.4 Å². The minimum absolute atomic E-state index is 0.0226. The highest BCUT2D eigenvalue weighted by atomic mass is 19.1. The number of rotatable bonds is 5. The van der Waals surface area contributed by atoms with Crippen LogP contribution in [0.2, 0.25) is 0 Å². The van der Waals surface area contributed by atoms with Crippen LogP contribution in [-0.2, 0) is 20.7 Å². The number of hydrogen-bond donors (Lipinski definition) is 2. The number of amides is 1. The van der Waals surface area contributed by atoms with Gasteiger partial charge in [-0.1, -0.05) is 0 Å². The molecule has 1 saturated heterocycles. The summed E-state index contributed by atoms with van der Waals surface area (Å²) < 4.78 is 20.0. The maximum absolute atomic E-state index is 13.1. The van der Waals surface area contributed by atoms with Gasteiger partial charge in [0.15, 0.2) is 0 Å². The minimum Gasteiger partial charge on any atom is -0.480 e. The Kier molecular flexibility index (Phi) is 5.27. The summed E-state index contributed by atoms with van der Waals surface area (Å²) in [5, 5.41) is 16.7. The number of hydrogen-bond acceptors (Lipinski definition) is 4. The molecule has 2 N–H and O–H groups in total. The number of halogens is 1. The van der Waals surface area contributed by atoms with E-state index in [-0.39, 0.29) is 31.0 Å². The first-order valence-corrected chi connectivity index (χ1v) is 8.75. The fraction of sp³-hybridized carbons (Fsp3) is 0.421. The molecule has 2 heterocycles. The van der Waals surface area contributed by atoms with Gasteiger partial charge in [0.2, 0.25) is 5.91 Å². The fourth-order valence-electron chi connectivity index (χ4n) is 3.35. The normalized spacial score (nSPS) is 16.1. The van der Waals surface area contributed by atoms with E-state index in [4.69, 9.17) is 4.74 Å². The summed E-state index contributed by atoms with van der Waals surface area (Å²) in [5.41, 5.74) is 1.55. The van der Waals surface area contributed by atoms with Crippen LogP contribution in [0, 0.1) is 19.7 Å². The van der Waals surface area contributed by atoms with Gasteiger partial charge in [-0.25, -0.2) is 13.9 Å². The number of carbonyl (C=O) groups is 2. The van der Waals surface area contributed by atoms with Gasteiger partial charge < -0.3 is 15.2 Å². The van der Waals surface area contributed by atoms with Crippen molar-refractivity contribution in [3.8, 4) is 5.69 Å². The van der Waals surface area contributed by atoms with E-state index in [2.05, 4.69) is 10.4 Å². The zero-order valence-corrected chi connectivity index (χ0v) is 15.3. The van der Waals surface area contributed by atoms with Crippen LogP contribution >= 0.6 is 0 Å². The summed E-state index contributed by atoms with van der Waals surface area (Å²) in [6, 6.07) is 5.92. The first-order valence-electron chi connectivity index (χ1n) is 8.75. The molecule has 1 aliphatic heterocycles. The molecular formula is C19H22FN3O4. The van der Waals surface area contributed by atoms with Gasteiger partial charge in [0.25, 0.3) is 0 Å². The molecule has 0 bridgehead atoms. The van der Waals surface area contributed by atoms with Gasteiger partial charge in [0.05, 0.1) is 17.8 Å². The van der Waals surface area contributed by atoms with E-state index in [9.17, 15) is 19.1 Å². The lowest BCUT2D eigenvalue weighted by Crippen LogP contribution is -2.57. The van der Waals surface area contributed by atoms with Crippen molar-refractivity contribution in [2.75, 3.05) is 13.2 Å². The van der Waals surface area contributed by atoms with Crippen molar-refractivity contribution in [1.29, 1.82) is 0 Å². The standard InChI is InChI=1S/C19H22FN3O4/c1-12-16(13(2)23(22-12)15-5-3-14(20)4-6-15)11-17(24)21-19(18(25)26)7-9-27-10-8-19/h3-6H,7-11H2,1-2H3,(H,21,24)(H,25,26). The molecule has 0 atom stereocenters. The maximum Gasteiger partial charge on any atom is 0.329 e. The van der Waals surface area contributed by atoms with Crippen molar-refractivity contribution in [1.82, 2.24) is 15.1 Å². The third-order valence-electron chi connectivity index (χ3n) is 4.98. The molecule has 8 heteroatoms. The molecule has 0 unspecified atom stereocenters. The van der Waals surface area contributed by atoms with E-state index >= 15 is 0 Å². The maximum atomic E-state index is 13.1. The van der Waals surface area contributed by atoms with Crippen molar-refractivity contribution in [2.45, 2.75) is 38.6 Å². The third-order valence-corrected chi connectivity index (χ3v) is 4.98. The summed E-state index contributed by atoms with van der Waals surface area (Å²) >= 11 is 0. The molecule has 2 aromatic rings. The summed E-state index contributed by atoms with van der Waals surface area (Å²) in [4.78, 5) is 24.3. The molecule has 0 radical (unpaired) electrons. The molecule has 1 aliphatic rings. The Hall–Kier alpha value is -2.74. The van der Waals surface area contributed by atoms with Crippen LogP contribution in [0.1, 0.15) is 29.8 Å². The highest BCUT2D eigenvalue weighted by Crippen LogP contribution is 2.23. The summed E-state index contributed by atoms with van der Waals surface area (Å²) in [6.45, 7) is 4.21. The van der Waals surface area contributed by atoms with Gasteiger partial charge in [-0.15, -0.1) is 0 Å². The minimum atomic E-state index is -1.29. The Labute approximate surface area is 156 Å². The summed E-state index contributed by atoms with van der Waals surface area (Å²) in [5.74, 6) is -1.76. The molecular weight excluding hydrogens is 353 g/mol. The van der Waals surface area contributed by atoms with Gasteiger partial charge in [-0.3, -0.25) is 4.79 Å². The monoisotopic (exact) mass is 375 g/mol. The van der Waals surface area contributed by atoms with E-state index < -0.39 is 11.5 Å². The lowest BCUT2D eigenvalue weighted by Gasteiger charge is -2.33. The Morgan fingerprint density at radius 1 is 1.26 bits per heavy atom. The van der Waals surface area contributed by atoms with Crippen molar-refractivity contribution in [2.24, 2.45) is 0 Å². The number of nitrogens with zero attached hydrogens (tertiary/aromatic N) is 2. The van der Waals surface area contributed by atoms with E-state index in [1.54, 1.807) is 23.7 Å². The molecule has 7 nitrogen and oxygen atoms in total. The number of aryl methyl sites for hydroxylation is 1. The molecule has 0 aliphatic carbocycles. The quantitative estimate of drug-likeness (QED) is 0.833. The average Bonchev–Trinajstić information content (AvgIpc) is 2.91. The zero-order valence-electron chi connectivity index (χ0n) is 15.3. The second-order valence-corrected chi connectivity index (χ2v) is 6.76.